The summed E-state index contributed by atoms with van der Waals surface area (Å²) in [7, 11) is 0. The van der Waals surface area contributed by atoms with E-state index in [0.29, 0.717) is 22.9 Å². The summed E-state index contributed by atoms with van der Waals surface area (Å²) in [5.41, 5.74) is 1.51. The van der Waals surface area contributed by atoms with E-state index in [2.05, 4.69) is 10.2 Å². The molecule has 3 aromatic rings. The topological polar surface area (TPSA) is 67.5 Å². The first-order valence-corrected chi connectivity index (χ1v) is 6.81. The van der Waals surface area contributed by atoms with Crippen LogP contribution < -0.4 is 0 Å². The first-order valence-electron chi connectivity index (χ1n) is 6.05. The number of benzene rings is 1. The third-order valence-electron chi connectivity index (χ3n) is 3.05. The minimum absolute atomic E-state index is 0.0876. The third kappa shape index (κ3) is 2.70. The molecule has 0 aliphatic heterocycles. The van der Waals surface area contributed by atoms with Gasteiger partial charge in [-0.3, -0.25) is 4.40 Å². The second-order valence-electron chi connectivity index (χ2n) is 4.49. The van der Waals surface area contributed by atoms with Crippen LogP contribution in [0.25, 0.3) is 5.65 Å². The van der Waals surface area contributed by atoms with Gasteiger partial charge in [0.25, 0.3) is 0 Å². The molecule has 0 aliphatic rings. The zero-order valence-electron chi connectivity index (χ0n) is 10.6. The van der Waals surface area contributed by atoms with Gasteiger partial charge in [-0.2, -0.15) is 0 Å². The average molecular weight is 322 g/mol. The molecule has 0 spiro atoms. The minimum atomic E-state index is -1.05. The summed E-state index contributed by atoms with van der Waals surface area (Å²) >= 11 is 11.9. The highest BCUT2D eigenvalue weighted by Gasteiger charge is 2.13. The molecule has 106 valence electrons. The number of nitrogens with zero attached hydrogens (tertiary/aromatic N) is 3. The number of pyridine rings is 1. The Morgan fingerprint density at radius 2 is 1.90 bits per heavy atom. The maximum atomic E-state index is 11.1. The van der Waals surface area contributed by atoms with E-state index in [0.717, 1.165) is 5.56 Å². The van der Waals surface area contributed by atoms with Crippen molar-refractivity contribution in [3.8, 4) is 0 Å². The SMILES string of the molecule is O=C(O)c1cc(Cl)c2nnc(Cc3ccc(Cl)cc3)n2c1. The second kappa shape index (κ2) is 5.35. The largest absolute Gasteiger partial charge is 0.478 e. The van der Waals surface area contributed by atoms with E-state index in [1.807, 2.05) is 12.1 Å². The Morgan fingerprint density at radius 3 is 2.57 bits per heavy atom. The van der Waals surface area contributed by atoms with Crippen molar-refractivity contribution in [3.05, 3.63) is 63.5 Å². The molecule has 0 amide bonds. The number of carboxylic acid groups (broad SMARTS) is 1. The van der Waals surface area contributed by atoms with Crippen LogP contribution >= 0.6 is 23.2 Å². The molecule has 0 saturated carbocycles. The van der Waals surface area contributed by atoms with Gasteiger partial charge in [0.2, 0.25) is 0 Å². The predicted molar refractivity (Wildman–Crippen MR) is 79.2 cm³/mol. The molecule has 0 atom stereocenters. The lowest BCUT2D eigenvalue weighted by Crippen LogP contribution is -2.02. The summed E-state index contributed by atoms with van der Waals surface area (Å²) in [6.07, 6.45) is 1.96. The third-order valence-corrected chi connectivity index (χ3v) is 3.58. The van der Waals surface area contributed by atoms with Crippen LogP contribution in [0.1, 0.15) is 21.7 Å². The maximum Gasteiger partial charge on any atom is 0.337 e. The highest BCUT2D eigenvalue weighted by molar-refractivity contribution is 6.33. The van der Waals surface area contributed by atoms with E-state index >= 15 is 0 Å². The monoisotopic (exact) mass is 321 g/mol. The maximum absolute atomic E-state index is 11.1. The molecule has 0 aliphatic carbocycles. The van der Waals surface area contributed by atoms with Crippen molar-refractivity contribution in [1.82, 2.24) is 14.6 Å². The number of hydrogen-bond acceptors (Lipinski definition) is 3. The number of rotatable bonds is 3. The molecule has 1 N–H and O–H groups in total. The quantitative estimate of drug-likeness (QED) is 0.803. The minimum Gasteiger partial charge on any atom is -0.478 e. The fourth-order valence-corrected chi connectivity index (χ4v) is 2.39. The standard InChI is InChI=1S/C14H9Cl2N3O2/c15-10-3-1-8(2-4-10)5-12-17-18-13-11(16)6-9(14(20)21)7-19(12)13/h1-4,6-7H,5H2,(H,20,21). The Labute approximate surface area is 129 Å². The Morgan fingerprint density at radius 1 is 1.19 bits per heavy atom. The smallest absolute Gasteiger partial charge is 0.337 e. The van der Waals surface area contributed by atoms with Gasteiger partial charge in [-0.15, -0.1) is 10.2 Å². The van der Waals surface area contributed by atoms with Crippen LogP contribution in [0.5, 0.6) is 0 Å². The van der Waals surface area contributed by atoms with Crippen LogP contribution in [-0.2, 0) is 6.42 Å². The van der Waals surface area contributed by atoms with Crippen LogP contribution in [0, 0.1) is 0 Å². The van der Waals surface area contributed by atoms with Gasteiger partial charge in [-0.05, 0) is 23.8 Å². The summed E-state index contributed by atoms with van der Waals surface area (Å²) in [4.78, 5) is 11.1. The molecular weight excluding hydrogens is 313 g/mol. The average Bonchev–Trinajstić information content (AvgIpc) is 2.85. The summed E-state index contributed by atoms with van der Waals surface area (Å²) in [5.74, 6) is -0.442. The van der Waals surface area contributed by atoms with Gasteiger partial charge in [-0.25, -0.2) is 4.79 Å². The predicted octanol–water partition coefficient (Wildman–Crippen LogP) is 3.33. The summed E-state index contributed by atoms with van der Waals surface area (Å²) in [6.45, 7) is 0. The lowest BCUT2D eigenvalue weighted by molar-refractivity contribution is 0.0696. The molecule has 2 heterocycles. The molecule has 21 heavy (non-hydrogen) atoms. The Kier molecular flexibility index (Phi) is 3.53. The number of carbonyl (C=O) groups is 1. The molecule has 0 radical (unpaired) electrons. The first-order chi connectivity index (χ1) is 10.0. The van der Waals surface area contributed by atoms with Crippen LogP contribution in [0.4, 0.5) is 0 Å². The van der Waals surface area contributed by atoms with Crippen molar-refractivity contribution in [1.29, 1.82) is 0 Å². The van der Waals surface area contributed by atoms with Gasteiger partial charge in [0.05, 0.1) is 10.6 Å². The fraction of sp³-hybridized carbons (Fsp3) is 0.0714. The molecule has 0 fully saturated rings. The summed E-state index contributed by atoms with van der Waals surface area (Å²) in [6, 6.07) is 8.70. The van der Waals surface area contributed by atoms with E-state index in [-0.39, 0.29) is 10.6 Å². The van der Waals surface area contributed by atoms with Crippen LogP contribution in [0.3, 0.4) is 0 Å². The van der Waals surface area contributed by atoms with Gasteiger partial charge in [0.15, 0.2) is 5.65 Å². The number of carboxylic acids is 1. The molecule has 0 unspecified atom stereocenters. The van der Waals surface area contributed by atoms with Crippen molar-refractivity contribution in [3.63, 3.8) is 0 Å². The zero-order chi connectivity index (χ0) is 15.0. The molecule has 5 nitrogen and oxygen atoms in total. The van der Waals surface area contributed by atoms with Crippen LogP contribution in [0.15, 0.2) is 36.5 Å². The number of aromatic carboxylic acids is 1. The number of fused-ring (bicyclic) bond motifs is 1. The molecular formula is C14H9Cl2N3O2. The second-order valence-corrected chi connectivity index (χ2v) is 5.34. The van der Waals surface area contributed by atoms with Crippen LogP contribution in [0.2, 0.25) is 10.0 Å². The normalized spacial score (nSPS) is 11.0. The Bertz CT molecular complexity index is 828. The van der Waals surface area contributed by atoms with E-state index in [1.165, 1.54) is 12.3 Å². The number of aromatic nitrogens is 3. The van der Waals surface area contributed by atoms with E-state index < -0.39 is 5.97 Å². The number of hydrogen-bond donors (Lipinski definition) is 1. The van der Waals surface area contributed by atoms with Crippen molar-refractivity contribution in [2.24, 2.45) is 0 Å². The first kappa shape index (κ1) is 13.9. The lowest BCUT2D eigenvalue weighted by atomic mass is 10.1. The Hall–Kier alpha value is -2.11. The highest BCUT2D eigenvalue weighted by atomic mass is 35.5. The molecule has 1 aromatic carbocycles. The highest BCUT2D eigenvalue weighted by Crippen LogP contribution is 2.20. The zero-order valence-corrected chi connectivity index (χ0v) is 12.1. The molecule has 3 rings (SSSR count). The van der Waals surface area contributed by atoms with Gasteiger partial charge in [0.1, 0.15) is 5.82 Å². The Balaban J connectivity index is 2.06. The van der Waals surface area contributed by atoms with Crippen molar-refractivity contribution < 1.29 is 9.90 Å². The van der Waals surface area contributed by atoms with E-state index in [9.17, 15) is 4.79 Å². The summed E-state index contributed by atoms with van der Waals surface area (Å²) in [5, 5.41) is 18.1. The number of halogens is 2. The van der Waals surface area contributed by atoms with E-state index in [4.69, 9.17) is 28.3 Å². The van der Waals surface area contributed by atoms with Crippen molar-refractivity contribution >= 4 is 34.8 Å². The van der Waals surface area contributed by atoms with Crippen molar-refractivity contribution in [2.75, 3.05) is 0 Å². The fourth-order valence-electron chi connectivity index (χ4n) is 2.02. The lowest BCUT2D eigenvalue weighted by Gasteiger charge is -2.03. The van der Waals surface area contributed by atoms with Gasteiger partial charge in [-0.1, -0.05) is 35.3 Å². The van der Waals surface area contributed by atoms with Gasteiger partial charge < -0.3 is 5.11 Å². The molecule has 0 bridgehead atoms. The summed E-state index contributed by atoms with van der Waals surface area (Å²) < 4.78 is 1.60. The molecule has 2 aromatic heterocycles. The molecule has 7 heteroatoms. The van der Waals surface area contributed by atoms with E-state index in [1.54, 1.807) is 16.5 Å². The van der Waals surface area contributed by atoms with Crippen LogP contribution in [-0.4, -0.2) is 25.7 Å². The van der Waals surface area contributed by atoms with Crippen molar-refractivity contribution in [2.45, 2.75) is 6.42 Å². The molecule has 0 saturated heterocycles. The van der Waals surface area contributed by atoms with Gasteiger partial charge >= 0.3 is 5.97 Å². The van der Waals surface area contributed by atoms with Gasteiger partial charge in [0, 0.05) is 17.6 Å².